The first-order chi connectivity index (χ1) is 22.2. The van der Waals surface area contributed by atoms with Crippen molar-refractivity contribution in [2.24, 2.45) is 0 Å². The van der Waals surface area contributed by atoms with Gasteiger partial charge in [-0.2, -0.15) is 13.2 Å². The zero-order valence-electron chi connectivity index (χ0n) is 24.4. The Morgan fingerprint density at radius 2 is 1.37 bits per heavy atom. The van der Waals surface area contributed by atoms with Gasteiger partial charge in [-0.1, -0.05) is 103 Å². The first kappa shape index (κ1) is 30.3. The second-order valence-electron chi connectivity index (χ2n) is 10.8. The molecule has 2 N–H and O–H groups in total. The van der Waals surface area contributed by atoms with Gasteiger partial charge in [0.15, 0.2) is 5.78 Å². The molecule has 0 saturated carbocycles. The van der Waals surface area contributed by atoms with Gasteiger partial charge in [0.1, 0.15) is 0 Å². The molecule has 8 heteroatoms. The van der Waals surface area contributed by atoms with Crippen LogP contribution in [-0.4, -0.2) is 21.8 Å². The lowest BCUT2D eigenvalue weighted by Gasteiger charge is -2.17. The van der Waals surface area contributed by atoms with Gasteiger partial charge in [0, 0.05) is 40.5 Å². The summed E-state index contributed by atoms with van der Waals surface area (Å²) in [6.45, 7) is 0.479. The lowest BCUT2D eigenvalue weighted by molar-refractivity contribution is -0.137. The predicted molar refractivity (Wildman–Crippen MR) is 173 cm³/mol. The van der Waals surface area contributed by atoms with Crippen LogP contribution in [0.2, 0.25) is 0 Å². The van der Waals surface area contributed by atoms with E-state index in [0.717, 1.165) is 34.0 Å². The van der Waals surface area contributed by atoms with Gasteiger partial charge in [-0.3, -0.25) is 14.6 Å². The number of halogens is 3. The number of ketones is 1. The molecule has 1 heterocycles. The number of pyridine rings is 1. The molecule has 0 bridgehead atoms. The van der Waals surface area contributed by atoms with Gasteiger partial charge in [-0.05, 0) is 46.0 Å². The van der Waals surface area contributed by atoms with Gasteiger partial charge in [-0.15, -0.1) is 0 Å². The quantitative estimate of drug-likeness (QED) is 0.159. The van der Waals surface area contributed by atoms with E-state index in [4.69, 9.17) is 5.11 Å². The van der Waals surface area contributed by atoms with Crippen LogP contribution < -0.4 is 5.32 Å². The second kappa shape index (κ2) is 12.7. The Bertz CT molecular complexity index is 2040. The maximum absolute atomic E-state index is 13.9. The highest BCUT2D eigenvalue weighted by Gasteiger charge is 2.34. The Morgan fingerprint density at radius 1 is 0.717 bits per heavy atom. The van der Waals surface area contributed by atoms with Crippen LogP contribution in [0.15, 0.2) is 128 Å². The van der Waals surface area contributed by atoms with Gasteiger partial charge < -0.3 is 10.4 Å². The summed E-state index contributed by atoms with van der Waals surface area (Å²) in [7, 11) is 0. The number of carbonyl (C=O) groups is 2. The number of aromatic nitrogens is 1. The number of rotatable bonds is 9. The number of hydrogen-bond donors (Lipinski definition) is 2. The molecule has 0 saturated heterocycles. The summed E-state index contributed by atoms with van der Waals surface area (Å²) in [5.74, 6) is -1.21. The summed E-state index contributed by atoms with van der Waals surface area (Å²) >= 11 is 0. The molecule has 1 aromatic heterocycles. The van der Waals surface area contributed by atoms with E-state index >= 15 is 0 Å². The van der Waals surface area contributed by atoms with Crippen molar-refractivity contribution in [2.75, 3.05) is 5.32 Å². The molecule has 0 atom stereocenters. The third kappa shape index (κ3) is 6.51. The molecule has 0 amide bonds. The molecule has 6 rings (SSSR count). The number of nitrogens with one attached hydrogen (secondary N) is 1. The standard InChI is InChI=1S/C38H27F3N2O3/c39-38(40,41)33-11-5-10-31-35(32(23-43-36(31)33)37(46)28-6-2-1-3-7-28)29-8-4-9-30(21-29)42-22-25-14-18-27(19-15-25)26-16-12-24(13-17-26)20-34(44)45/h1-19,21,23,42H,20,22H2,(H,44,45). The Balaban J connectivity index is 1.30. The van der Waals surface area contributed by atoms with Crippen LogP contribution in [0.3, 0.4) is 0 Å². The number of carboxylic acids is 1. The normalized spacial score (nSPS) is 11.4. The Hall–Kier alpha value is -5.76. The molecule has 0 aliphatic carbocycles. The highest BCUT2D eigenvalue weighted by molar-refractivity contribution is 6.16. The fourth-order valence-electron chi connectivity index (χ4n) is 5.47. The van der Waals surface area contributed by atoms with Crippen LogP contribution in [-0.2, 0) is 23.9 Å². The average Bonchev–Trinajstić information content (AvgIpc) is 3.06. The number of anilines is 1. The van der Waals surface area contributed by atoms with Crippen molar-refractivity contribution < 1.29 is 27.9 Å². The average molecular weight is 617 g/mol. The molecule has 0 spiro atoms. The number of carboxylic acid groups (broad SMARTS) is 1. The number of nitrogens with zero attached hydrogens (tertiary/aromatic N) is 1. The summed E-state index contributed by atoms with van der Waals surface area (Å²) in [6, 6.07) is 35.1. The van der Waals surface area contributed by atoms with Crippen LogP contribution in [0.25, 0.3) is 33.2 Å². The topological polar surface area (TPSA) is 79.3 Å². The number of aliphatic carboxylic acids is 1. The molecule has 228 valence electrons. The van der Waals surface area contributed by atoms with Crippen molar-refractivity contribution in [3.8, 4) is 22.3 Å². The summed E-state index contributed by atoms with van der Waals surface area (Å²) in [5.41, 5.74) is 4.93. The van der Waals surface area contributed by atoms with Crippen molar-refractivity contribution in [1.82, 2.24) is 4.98 Å². The maximum Gasteiger partial charge on any atom is 0.418 e. The molecule has 0 fully saturated rings. The molecule has 0 aliphatic heterocycles. The van der Waals surface area contributed by atoms with Gasteiger partial charge in [0.25, 0.3) is 0 Å². The number of carbonyl (C=O) groups excluding carboxylic acids is 1. The second-order valence-corrected chi connectivity index (χ2v) is 10.8. The number of alkyl halides is 3. The minimum atomic E-state index is -4.61. The van der Waals surface area contributed by atoms with Crippen molar-refractivity contribution in [3.05, 3.63) is 155 Å². The summed E-state index contributed by atoms with van der Waals surface area (Å²) in [4.78, 5) is 28.7. The molecule has 0 radical (unpaired) electrons. The smallest absolute Gasteiger partial charge is 0.418 e. The third-order valence-electron chi connectivity index (χ3n) is 7.73. The number of para-hydroxylation sites is 1. The van der Waals surface area contributed by atoms with Gasteiger partial charge in [0.05, 0.1) is 17.5 Å². The molecule has 5 nitrogen and oxygen atoms in total. The predicted octanol–water partition coefficient (Wildman–Crippen LogP) is 9.06. The molecule has 6 aromatic rings. The highest BCUT2D eigenvalue weighted by atomic mass is 19.4. The molecule has 46 heavy (non-hydrogen) atoms. The van der Waals surface area contributed by atoms with Gasteiger partial charge in [-0.25, -0.2) is 0 Å². The molecule has 5 aromatic carbocycles. The largest absolute Gasteiger partial charge is 0.481 e. The lowest BCUT2D eigenvalue weighted by Crippen LogP contribution is -2.09. The third-order valence-corrected chi connectivity index (χ3v) is 7.73. The zero-order valence-corrected chi connectivity index (χ0v) is 24.4. The molecule has 0 unspecified atom stereocenters. The number of hydrogen-bond acceptors (Lipinski definition) is 4. The van der Waals surface area contributed by atoms with E-state index in [0.29, 0.717) is 23.2 Å². The monoisotopic (exact) mass is 616 g/mol. The number of fused-ring (bicyclic) bond motifs is 1. The van der Waals surface area contributed by atoms with E-state index in [1.54, 1.807) is 60.7 Å². The first-order valence-electron chi connectivity index (χ1n) is 14.5. The van der Waals surface area contributed by atoms with Crippen molar-refractivity contribution in [3.63, 3.8) is 0 Å². The van der Waals surface area contributed by atoms with Crippen LogP contribution in [0.5, 0.6) is 0 Å². The summed E-state index contributed by atoms with van der Waals surface area (Å²) in [6.07, 6.45) is -3.40. The summed E-state index contributed by atoms with van der Waals surface area (Å²) < 4.78 is 41.8. The van der Waals surface area contributed by atoms with Crippen molar-refractivity contribution >= 4 is 28.3 Å². The van der Waals surface area contributed by atoms with Crippen LogP contribution in [0.4, 0.5) is 18.9 Å². The van der Waals surface area contributed by atoms with Crippen LogP contribution in [0, 0.1) is 0 Å². The van der Waals surface area contributed by atoms with E-state index < -0.39 is 17.7 Å². The maximum atomic E-state index is 13.9. The van der Waals surface area contributed by atoms with E-state index in [1.807, 2.05) is 48.5 Å². The van der Waals surface area contributed by atoms with E-state index in [2.05, 4.69) is 10.3 Å². The zero-order chi connectivity index (χ0) is 32.3. The Kier molecular flexibility index (Phi) is 8.35. The number of benzene rings is 5. The fourth-order valence-corrected chi connectivity index (χ4v) is 5.47. The molecular formula is C38H27F3N2O3. The first-order valence-corrected chi connectivity index (χ1v) is 14.5. The molecular weight excluding hydrogens is 589 g/mol. The lowest BCUT2D eigenvalue weighted by atomic mass is 9.91. The van der Waals surface area contributed by atoms with Gasteiger partial charge in [0.2, 0.25) is 0 Å². The van der Waals surface area contributed by atoms with E-state index in [9.17, 15) is 22.8 Å². The minimum absolute atomic E-state index is 0.0251. The van der Waals surface area contributed by atoms with Crippen LogP contribution in [0.1, 0.15) is 32.6 Å². The van der Waals surface area contributed by atoms with Gasteiger partial charge >= 0.3 is 12.1 Å². The molecule has 0 aliphatic rings. The van der Waals surface area contributed by atoms with Crippen molar-refractivity contribution in [2.45, 2.75) is 19.1 Å². The summed E-state index contributed by atoms with van der Waals surface area (Å²) in [5, 5.41) is 12.6. The Morgan fingerprint density at radius 3 is 2.02 bits per heavy atom. The fraction of sp³-hybridized carbons (Fsp3) is 0.0789. The van der Waals surface area contributed by atoms with Crippen molar-refractivity contribution in [1.29, 1.82) is 0 Å². The van der Waals surface area contributed by atoms with E-state index in [-0.39, 0.29) is 28.7 Å². The highest BCUT2D eigenvalue weighted by Crippen LogP contribution is 2.39. The minimum Gasteiger partial charge on any atom is -0.481 e. The van der Waals surface area contributed by atoms with Crippen LogP contribution >= 0.6 is 0 Å². The Labute approximate surface area is 263 Å². The van der Waals surface area contributed by atoms with E-state index in [1.165, 1.54) is 12.3 Å². The SMILES string of the molecule is O=C(O)Cc1ccc(-c2ccc(CNc3cccc(-c4c(C(=O)c5ccccc5)cnc5c(C(F)(F)F)cccc45)c3)cc2)cc1.